The van der Waals surface area contributed by atoms with E-state index in [0.29, 0.717) is 5.57 Å². The molecule has 1 aliphatic carbocycles. The minimum Gasteiger partial charge on any atom is -0.478 e. The molecule has 0 heterocycles. The summed E-state index contributed by atoms with van der Waals surface area (Å²) in [5.74, 6) is -0.760. The molecule has 0 aliphatic heterocycles. The topological polar surface area (TPSA) is 37.3 Å². The van der Waals surface area contributed by atoms with Crippen LogP contribution in [0.3, 0.4) is 0 Å². The Hall–Kier alpha value is -0.310. The van der Waals surface area contributed by atoms with Gasteiger partial charge < -0.3 is 5.11 Å². The van der Waals surface area contributed by atoms with Crippen molar-refractivity contribution in [2.45, 2.75) is 38.5 Å². The molecular formula is C9H13BrO2. The first-order valence-corrected chi connectivity index (χ1v) is 5.12. The highest BCUT2D eigenvalue weighted by molar-refractivity contribution is 9.11. The Labute approximate surface area is 80.8 Å². The van der Waals surface area contributed by atoms with Crippen molar-refractivity contribution in [1.29, 1.82) is 0 Å². The largest absolute Gasteiger partial charge is 0.478 e. The highest BCUT2D eigenvalue weighted by atomic mass is 79.9. The molecule has 3 heteroatoms. The molecule has 0 bridgehead atoms. The summed E-state index contributed by atoms with van der Waals surface area (Å²) in [5, 5.41) is 8.84. The fraction of sp³-hybridized carbons (Fsp3) is 0.667. The number of hydrogen-bond acceptors (Lipinski definition) is 1. The summed E-state index contributed by atoms with van der Waals surface area (Å²) in [6.45, 7) is 0. The second kappa shape index (κ2) is 4.65. The van der Waals surface area contributed by atoms with E-state index in [-0.39, 0.29) is 0 Å². The maximum absolute atomic E-state index is 10.7. The summed E-state index contributed by atoms with van der Waals surface area (Å²) < 4.78 is 0.898. The molecule has 1 aliphatic rings. The molecule has 0 aromatic heterocycles. The van der Waals surface area contributed by atoms with Crippen LogP contribution in [0.25, 0.3) is 0 Å². The zero-order valence-electron chi connectivity index (χ0n) is 6.98. The fourth-order valence-corrected chi connectivity index (χ4v) is 2.09. The van der Waals surface area contributed by atoms with Gasteiger partial charge in [0.2, 0.25) is 0 Å². The Kier molecular flexibility index (Phi) is 3.79. The Balaban J connectivity index is 2.73. The van der Waals surface area contributed by atoms with E-state index in [9.17, 15) is 4.79 Å². The Morgan fingerprint density at radius 3 is 2.33 bits per heavy atom. The SMILES string of the molecule is O=C(O)C1=C(Br)CCCCCC1. The average molecular weight is 233 g/mol. The number of rotatable bonds is 1. The number of aliphatic carboxylic acids is 1. The molecule has 1 N–H and O–H groups in total. The van der Waals surface area contributed by atoms with Crippen molar-refractivity contribution in [2.24, 2.45) is 0 Å². The van der Waals surface area contributed by atoms with Gasteiger partial charge in [-0.1, -0.05) is 28.8 Å². The highest BCUT2D eigenvalue weighted by Gasteiger charge is 2.13. The van der Waals surface area contributed by atoms with Gasteiger partial charge in [-0.25, -0.2) is 4.79 Å². The van der Waals surface area contributed by atoms with Gasteiger partial charge in [0.1, 0.15) is 0 Å². The van der Waals surface area contributed by atoms with Crippen LogP contribution in [0.1, 0.15) is 38.5 Å². The summed E-state index contributed by atoms with van der Waals surface area (Å²) in [4.78, 5) is 10.7. The molecule has 0 spiro atoms. The number of carbonyl (C=O) groups is 1. The summed E-state index contributed by atoms with van der Waals surface area (Å²) >= 11 is 3.34. The molecule has 0 aromatic carbocycles. The zero-order valence-corrected chi connectivity index (χ0v) is 8.56. The second-order valence-corrected chi connectivity index (χ2v) is 4.06. The van der Waals surface area contributed by atoms with Crippen molar-refractivity contribution >= 4 is 21.9 Å². The van der Waals surface area contributed by atoms with Gasteiger partial charge >= 0.3 is 5.97 Å². The lowest BCUT2D eigenvalue weighted by Crippen LogP contribution is -2.04. The van der Waals surface area contributed by atoms with E-state index in [1.807, 2.05) is 0 Å². The predicted molar refractivity (Wildman–Crippen MR) is 51.3 cm³/mol. The molecule has 0 saturated carbocycles. The molecule has 0 radical (unpaired) electrons. The van der Waals surface area contributed by atoms with Crippen molar-refractivity contribution in [3.8, 4) is 0 Å². The Bertz CT molecular complexity index is 209. The Morgan fingerprint density at radius 1 is 1.17 bits per heavy atom. The normalized spacial score (nSPS) is 20.1. The summed E-state index contributed by atoms with van der Waals surface area (Å²) in [7, 11) is 0. The lowest BCUT2D eigenvalue weighted by Gasteiger charge is -2.10. The van der Waals surface area contributed by atoms with E-state index in [4.69, 9.17) is 5.11 Å². The smallest absolute Gasteiger partial charge is 0.332 e. The second-order valence-electron chi connectivity index (χ2n) is 3.10. The summed E-state index contributed by atoms with van der Waals surface area (Å²) in [6, 6.07) is 0. The number of hydrogen-bond donors (Lipinski definition) is 1. The Morgan fingerprint density at radius 2 is 1.75 bits per heavy atom. The molecule has 1 rings (SSSR count). The lowest BCUT2D eigenvalue weighted by atomic mass is 10.0. The van der Waals surface area contributed by atoms with Gasteiger partial charge in [-0.05, 0) is 25.7 Å². The minimum atomic E-state index is -0.760. The number of allylic oxidation sites excluding steroid dienone is 1. The van der Waals surface area contributed by atoms with Gasteiger partial charge in [0.25, 0.3) is 0 Å². The van der Waals surface area contributed by atoms with Crippen LogP contribution in [0, 0.1) is 0 Å². The third kappa shape index (κ3) is 2.63. The molecule has 2 nitrogen and oxygen atoms in total. The van der Waals surface area contributed by atoms with Gasteiger partial charge in [0.05, 0.1) is 0 Å². The first-order valence-electron chi connectivity index (χ1n) is 4.32. The molecule has 0 unspecified atom stereocenters. The van der Waals surface area contributed by atoms with Crippen LogP contribution in [0.2, 0.25) is 0 Å². The third-order valence-electron chi connectivity index (χ3n) is 2.16. The van der Waals surface area contributed by atoms with Crippen LogP contribution in [-0.4, -0.2) is 11.1 Å². The van der Waals surface area contributed by atoms with Gasteiger partial charge in [0, 0.05) is 10.1 Å². The molecule has 0 aromatic rings. The van der Waals surface area contributed by atoms with Crippen molar-refractivity contribution in [3.05, 3.63) is 10.1 Å². The highest BCUT2D eigenvalue weighted by Crippen LogP contribution is 2.26. The van der Waals surface area contributed by atoms with E-state index < -0.39 is 5.97 Å². The predicted octanol–water partition coefficient (Wildman–Crippen LogP) is 3.07. The van der Waals surface area contributed by atoms with Crippen LogP contribution in [-0.2, 0) is 4.79 Å². The molecule has 0 saturated heterocycles. The van der Waals surface area contributed by atoms with E-state index in [1.165, 1.54) is 6.42 Å². The quantitative estimate of drug-likeness (QED) is 0.755. The first kappa shape index (κ1) is 9.78. The average Bonchev–Trinajstić information content (AvgIpc) is 1.96. The molecular weight excluding hydrogens is 220 g/mol. The van der Waals surface area contributed by atoms with Gasteiger partial charge in [-0.3, -0.25) is 0 Å². The van der Waals surface area contributed by atoms with Gasteiger partial charge in [-0.2, -0.15) is 0 Å². The summed E-state index contributed by atoms with van der Waals surface area (Å²) in [6.07, 6.45) is 6.12. The van der Waals surface area contributed by atoms with Gasteiger partial charge in [0.15, 0.2) is 0 Å². The number of halogens is 1. The number of carboxylic acids is 1. The van der Waals surface area contributed by atoms with Gasteiger partial charge in [-0.15, -0.1) is 0 Å². The first-order chi connectivity index (χ1) is 5.72. The maximum atomic E-state index is 10.7. The maximum Gasteiger partial charge on any atom is 0.332 e. The standard InChI is InChI=1S/C9H13BrO2/c10-8-6-4-2-1-3-5-7(8)9(11)12/h1-6H2,(H,11,12). The van der Waals surface area contributed by atoms with Crippen molar-refractivity contribution in [2.75, 3.05) is 0 Å². The van der Waals surface area contributed by atoms with Crippen molar-refractivity contribution in [1.82, 2.24) is 0 Å². The van der Waals surface area contributed by atoms with Crippen LogP contribution >= 0.6 is 15.9 Å². The monoisotopic (exact) mass is 232 g/mol. The minimum absolute atomic E-state index is 0.578. The lowest BCUT2D eigenvalue weighted by molar-refractivity contribution is -0.132. The van der Waals surface area contributed by atoms with E-state index >= 15 is 0 Å². The fourth-order valence-electron chi connectivity index (χ4n) is 1.45. The van der Waals surface area contributed by atoms with Crippen LogP contribution in [0.5, 0.6) is 0 Å². The molecule has 0 fully saturated rings. The third-order valence-corrected chi connectivity index (χ3v) is 3.03. The molecule has 12 heavy (non-hydrogen) atoms. The van der Waals surface area contributed by atoms with Crippen LogP contribution in [0.4, 0.5) is 0 Å². The van der Waals surface area contributed by atoms with Crippen LogP contribution < -0.4 is 0 Å². The van der Waals surface area contributed by atoms with Crippen molar-refractivity contribution < 1.29 is 9.90 Å². The number of carboxylic acid groups (broad SMARTS) is 1. The molecule has 0 amide bonds. The molecule has 68 valence electrons. The van der Waals surface area contributed by atoms with E-state index in [2.05, 4.69) is 15.9 Å². The van der Waals surface area contributed by atoms with Crippen LogP contribution in [0.15, 0.2) is 10.1 Å². The van der Waals surface area contributed by atoms with Crippen molar-refractivity contribution in [3.63, 3.8) is 0 Å². The van der Waals surface area contributed by atoms with E-state index in [1.54, 1.807) is 0 Å². The molecule has 0 atom stereocenters. The zero-order chi connectivity index (χ0) is 8.97. The van der Waals surface area contributed by atoms with E-state index in [0.717, 1.165) is 36.6 Å². The summed E-state index contributed by atoms with van der Waals surface area (Å²) in [5.41, 5.74) is 0.578.